The zero-order valence-electron chi connectivity index (χ0n) is 18.1. The van der Waals surface area contributed by atoms with E-state index >= 15 is 0 Å². The molecule has 0 aromatic heterocycles. The largest absolute Gasteiger partial charge is 0.369 e. The number of hydrazone groups is 1. The monoisotopic (exact) mass is 443 g/mol. The quantitative estimate of drug-likeness (QED) is 0.342. The Morgan fingerprint density at radius 1 is 0.939 bits per heavy atom. The van der Waals surface area contributed by atoms with Crippen molar-refractivity contribution < 1.29 is 9.72 Å². The summed E-state index contributed by atoms with van der Waals surface area (Å²) in [6.45, 7) is 4.83. The fourth-order valence-electron chi connectivity index (χ4n) is 3.73. The minimum atomic E-state index is -0.461. The van der Waals surface area contributed by atoms with E-state index in [2.05, 4.69) is 44.6 Å². The van der Waals surface area contributed by atoms with Crippen molar-refractivity contribution >= 4 is 23.5 Å². The van der Waals surface area contributed by atoms with E-state index in [4.69, 9.17) is 0 Å². The van der Waals surface area contributed by atoms with Crippen molar-refractivity contribution in [3.8, 4) is 0 Å². The molecule has 1 aliphatic heterocycles. The number of anilines is 1. The Labute approximate surface area is 192 Å². The lowest BCUT2D eigenvalue weighted by Gasteiger charge is -2.36. The first-order valence-corrected chi connectivity index (χ1v) is 10.8. The molecule has 1 saturated heterocycles. The molecule has 1 aliphatic rings. The maximum Gasteiger partial charge on any atom is 0.271 e. The summed E-state index contributed by atoms with van der Waals surface area (Å²) in [6.07, 6.45) is 1.45. The molecule has 33 heavy (non-hydrogen) atoms. The van der Waals surface area contributed by atoms with Gasteiger partial charge in [-0.25, -0.2) is 5.43 Å². The number of hydrogen-bond acceptors (Lipinski definition) is 6. The van der Waals surface area contributed by atoms with Gasteiger partial charge in [-0.2, -0.15) is 5.10 Å². The van der Waals surface area contributed by atoms with Crippen LogP contribution in [-0.4, -0.2) is 48.1 Å². The van der Waals surface area contributed by atoms with E-state index in [1.807, 2.05) is 18.2 Å². The Morgan fingerprint density at radius 3 is 2.24 bits per heavy atom. The molecule has 1 N–H and O–H groups in total. The van der Waals surface area contributed by atoms with Gasteiger partial charge in [-0.3, -0.25) is 19.8 Å². The second-order valence-electron chi connectivity index (χ2n) is 7.84. The Hall–Kier alpha value is -4.04. The number of amides is 1. The number of nitrogens with one attached hydrogen (secondary N) is 1. The molecule has 3 aromatic carbocycles. The van der Waals surface area contributed by atoms with Crippen molar-refractivity contribution in [3.05, 3.63) is 106 Å². The van der Waals surface area contributed by atoms with Gasteiger partial charge in [-0.15, -0.1) is 0 Å². The Balaban J connectivity index is 1.25. The van der Waals surface area contributed by atoms with Crippen molar-refractivity contribution in [3.63, 3.8) is 0 Å². The van der Waals surface area contributed by atoms with Crippen molar-refractivity contribution in [2.45, 2.75) is 6.54 Å². The molecule has 0 unspecified atom stereocenters. The van der Waals surface area contributed by atoms with Gasteiger partial charge in [-0.05, 0) is 47.5 Å². The van der Waals surface area contributed by atoms with Crippen LogP contribution in [0.25, 0.3) is 0 Å². The molecule has 0 atom stereocenters. The molecule has 3 aromatic rings. The van der Waals surface area contributed by atoms with E-state index in [1.54, 1.807) is 24.3 Å². The number of carbonyl (C=O) groups excluding carboxylic acids is 1. The van der Waals surface area contributed by atoms with Crippen molar-refractivity contribution in [2.75, 3.05) is 31.1 Å². The van der Waals surface area contributed by atoms with Crippen LogP contribution in [0, 0.1) is 10.1 Å². The van der Waals surface area contributed by atoms with Crippen LogP contribution in [0.2, 0.25) is 0 Å². The van der Waals surface area contributed by atoms with Crippen molar-refractivity contribution in [1.29, 1.82) is 0 Å². The fourth-order valence-corrected chi connectivity index (χ4v) is 3.73. The lowest BCUT2D eigenvalue weighted by molar-refractivity contribution is -0.384. The third-order valence-electron chi connectivity index (χ3n) is 5.60. The van der Waals surface area contributed by atoms with E-state index in [0.717, 1.165) is 38.3 Å². The maximum absolute atomic E-state index is 12.3. The number of nitrogens with zero attached hydrogens (tertiary/aromatic N) is 4. The summed E-state index contributed by atoms with van der Waals surface area (Å²) in [5.74, 6) is -0.309. The number of benzene rings is 3. The molecule has 1 amide bonds. The van der Waals surface area contributed by atoms with Crippen LogP contribution in [0.4, 0.5) is 11.4 Å². The third kappa shape index (κ3) is 6.02. The summed E-state index contributed by atoms with van der Waals surface area (Å²) in [6, 6.07) is 23.9. The SMILES string of the molecule is O=C(N/N=C\c1ccc([N+](=O)[O-])cc1)c1ccc(CN2CCN(c3ccccc3)CC2)cc1. The van der Waals surface area contributed by atoms with E-state index in [1.165, 1.54) is 24.0 Å². The molecule has 1 heterocycles. The Kier molecular flexibility index (Phi) is 7.06. The van der Waals surface area contributed by atoms with Crippen LogP contribution < -0.4 is 10.3 Å². The van der Waals surface area contributed by atoms with Gasteiger partial charge in [0.1, 0.15) is 0 Å². The zero-order chi connectivity index (χ0) is 23.0. The number of non-ortho nitro benzene ring substituents is 1. The number of nitro benzene ring substituents is 1. The number of para-hydroxylation sites is 1. The molecular weight excluding hydrogens is 418 g/mol. The van der Waals surface area contributed by atoms with E-state index in [-0.39, 0.29) is 11.6 Å². The van der Waals surface area contributed by atoms with Gasteiger partial charge in [0, 0.05) is 56.1 Å². The first-order valence-electron chi connectivity index (χ1n) is 10.8. The van der Waals surface area contributed by atoms with E-state index in [9.17, 15) is 14.9 Å². The van der Waals surface area contributed by atoms with Crippen LogP contribution in [0.5, 0.6) is 0 Å². The lowest BCUT2D eigenvalue weighted by atomic mass is 10.1. The average molecular weight is 444 g/mol. The van der Waals surface area contributed by atoms with E-state index in [0.29, 0.717) is 11.1 Å². The summed E-state index contributed by atoms with van der Waals surface area (Å²) < 4.78 is 0. The minimum Gasteiger partial charge on any atom is -0.369 e. The van der Waals surface area contributed by atoms with Crippen molar-refractivity contribution in [1.82, 2.24) is 10.3 Å². The molecule has 0 radical (unpaired) electrons. The van der Waals surface area contributed by atoms with Gasteiger partial charge in [0.05, 0.1) is 11.1 Å². The first kappa shape index (κ1) is 22.2. The molecule has 8 nitrogen and oxygen atoms in total. The highest BCUT2D eigenvalue weighted by molar-refractivity contribution is 5.94. The molecule has 0 aliphatic carbocycles. The normalized spacial score (nSPS) is 14.4. The summed E-state index contributed by atoms with van der Waals surface area (Å²) in [7, 11) is 0. The van der Waals surface area contributed by atoms with Gasteiger partial charge < -0.3 is 4.90 Å². The Morgan fingerprint density at radius 2 is 1.61 bits per heavy atom. The fraction of sp³-hybridized carbons (Fsp3) is 0.200. The predicted molar refractivity (Wildman–Crippen MR) is 129 cm³/mol. The number of rotatable bonds is 7. The van der Waals surface area contributed by atoms with Gasteiger partial charge in [0.15, 0.2) is 0 Å². The Bertz CT molecular complexity index is 1110. The maximum atomic E-state index is 12.3. The second-order valence-corrected chi connectivity index (χ2v) is 7.84. The van der Waals surface area contributed by atoms with Crippen LogP contribution in [0.1, 0.15) is 21.5 Å². The molecule has 0 saturated carbocycles. The average Bonchev–Trinajstić information content (AvgIpc) is 2.86. The van der Waals surface area contributed by atoms with Gasteiger partial charge in [0.25, 0.3) is 11.6 Å². The molecular formula is C25H25N5O3. The first-order chi connectivity index (χ1) is 16.1. The number of carbonyl (C=O) groups is 1. The minimum absolute atomic E-state index is 0.00866. The second kappa shape index (κ2) is 10.5. The van der Waals surface area contributed by atoms with Gasteiger partial charge in [-0.1, -0.05) is 30.3 Å². The van der Waals surface area contributed by atoms with Crippen LogP contribution in [0.15, 0.2) is 84.0 Å². The number of piperazine rings is 1. The smallest absolute Gasteiger partial charge is 0.271 e. The molecule has 4 rings (SSSR count). The summed E-state index contributed by atoms with van der Waals surface area (Å²) in [5.41, 5.74) is 6.10. The highest BCUT2D eigenvalue weighted by atomic mass is 16.6. The molecule has 0 bridgehead atoms. The zero-order valence-corrected chi connectivity index (χ0v) is 18.1. The summed E-state index contributed by atoms with van der Waals surface area (Å²) in [4.78, 5) is 27.4. The van der Waals surface area contributed by atoms with Crippen LogP contribution >= 0.6 is 0 Å². The standard InChI is InChI=1S/C25H25N5O3/c31-25(27-26-18-20-8-12-24(13-9-20)30(32)33)22-10-6-21(7-11-22)19-28-14-16-29(17-15-28)23-4-2-1-3-5-23/h1-13,18H,14-17,19H2,(H,27,31)/b26-18-. The van der Waals surface area contributed by atoms with Crippen LogP contribution in [0.3, 0.4) is 0 Å². The molecule has 1 fully saturated rings. The van der Waals surface area contributed by atoms with Crippen LogP contribution in [-0.2, 0) is 6.54 Å². The molecule has 0 spiro atoms. The topological polar surface area (TPSA) is 91.1 Å². The number of hydrogen-bond donors (Lipinski definition) is 1. The van der Waals surface area contributed by atoms with Gasteiger partial charge >= 0.3 is 0 Å². The van der Waals surface area contributed by atoms with Crippen molar-refractivity contribution in [2.24, 2.45) is 5.10 Å². The molecule has 168 valence electrons. The van der Waals surface area contributed by atoms with E-state index < -0.39 is 4.92 Å². The third-order valence-corrected chi connectivity index (χ3v) is 5.60. The van der Waals surface area contributed by atoms with Gasteiger partial charge in [0.2, 0.25) is 0 Å². The lowest BCUT2D eigenvalue weighted by Crippen LogP contribution is -2.45. The molecule has 8 heteroatoms. The highest BCUT2D eigenvalue weighted by Gasteiger charge is 2.17. The number of nitro groups is 1. The summed E-state index contributed by atoms with van der Waals surface area (Å²) >= 11 is 0. The summed E-state index contributed by atoms with van der Waals surface area (Å²) in [5, 5.41) is 14.6. The predicted octanol–water partition coefficient (Wildman–Crippen LogP) is 3.68. The highest BCUT2D eigenvalue weighted by Crippen LogP contribution is 2.17.